The zero-order valence-electron chi connectivity index (χ0n) is 13.5. The van der Waals surface area contributed by atoms with Crippen LogP contribution in [0, 0.1) is 19.8 Å². The van der Waals surface area contributed by atoms with Crippen LogP contribution in [-0.2, 0) is 17.8 Å². The number of hydrogen-bond acceptors (Lipinski definition) is 5. The minimum absolute atomic E-state index is 0.0175. The molecule has 2 aromatic rings. The summed E-state index contributed by atoms with van der Waals surface area (Å²) in [5, 5.41) is 4.02. The molecule has 2 heterocycles. The maximum Gasteiger partial charge on any atom is 0.227 e. The summed E-state index contributed by atoms with van der Waals surface area (Å²) in [6.07, 6.45) is 0.666. The summed E-state index contributed by atoms with van der Waals surface area (Å²) < 4.78 is 11.1. The van der Waals surface area contributed by atoms with Gasteiger partial charge in [-0.05, 0) is 31.9 Å². The van der Waals surface area contributed by atoms with Gasteiger partial charge in [-0.15, -0.1) is 11.3 Å². The third kappa shape index (κ3) is 3.32. The van der Waals surface area contributed by atoms with Crippen molar-refractivity contribution in [2.24, 2.45) is 5.92 Å². The maximum atomic E-state index is 12.4. The highest BCUT2D eigenvalue weighted by atomic mass is 32.1. The molecule has 1 N–H and O–H groups in total. The molecule has 1 aromatic heterocycles. The standard InChI is InChI=1S/C17H20N2O3S/c1-10-15(23-11(2)19-10)8-18-17(20)13-7-12-5-4-6-14(21-3)16(12)22-9-13/h4-6,13H,7-9H2,1-3H3,(H,18,20)/t13-/m0/s1. The van der Waals surface area contributed by atoms with Crippen molar-refractivity contribution in [2.75, 3.05) is 13.7 Å². The summed E-state index contributed by atoms with van der Waals surface area (Å²) in [4.78, 5) is 17.9. The van der Waals surface area contributed by atoms with Gasteiger partial charge >= 0.3 is 0 Å². The van der Waals surface area contributed by atoms with Gasteiger partial charge in [-0.2, -0.15) is 0 Å². The Labute approximate surface area is 139 Å². The molecule has 0 radical (unpaired) electrons. The number of aromatic nitrogens is 1. The minimum Gasteiger partial charge on any atom is -0.493 e. The van der Waals surface area contributed by atoms with E-state index in [1.54, 1.807) is 18.4 Å². The average Bonchev–Trinajstić information content (AvgIpc) is 2.89. The van der Waals surface area contributed by atoms with Crippen LogP contribution in [0.3, 0.4) is 0 Å². The molecule has 0 unspecified atom stereocenters. The number of carbonyl (C=O) groups excluding carboxylic acids is 1. The Hall–Kier alpha value is -2.08. The summed E-state index contributed by atoms with van der Waals surface area (Å²) in [6, 6.07) is 5.77. The third-order valence-electron chi connectivity index (χ3n) is 3.97. The van der Waals surface area contributed by atoms with Crippen molar-refractivity contribution in [1.29, 1.82) is 0 Å². The van der Waals surface area contributed by atoms with E-state index in [1.165, 1.54) is 0 Å². The van der Waals surface area contributed by atoms with Gasteiger partial charge in [-0.3, -0.25) is 4.79 Å². The first-order chi connectivity index (χ1) is 11.1. The lowest BCUT2D eigenvalue weighted by Gasteiger charge is -2.25. The van der Waals surface area contributed by atoms with E-state index in [2.05, 4.69) is 10.3 Å². The fourth-order valence-corrected chi connectivity index (χ4v) is 3.65. The zero-order valence-corrected chi connectivity index (χ0v) is 14.3. The lowest BCUT2D eigenvalue weighted by atomic mass is 9.95. The number of nitrogens with one attached hydrogen (secondary N) is 1. The molecule has 6 heteroatoms. The van der Waals surface area contributed by atoms with Crippen LogP contribution in [0.2, 0.25) is 0 Å². The quantitative estimate of drug-likeness (QED) is 0.935. The molecule has 3 rings (SSSR count). The number of fused-ring (bicyclic) bond motifs is 1. The summed E-state index contributed by atoms with van der Waals surface area (Å²) in [6.45, 7) is 4.84. The Kier molecular flexibility index (Phi) is 4.52. The lowest BCUT2D eigenvalue weighted by Crippen LogP contribution is -2.37. The highest BCUT2D eigenvalue weighted by Gasteiger charge is 2.27. The molecule has 1 atom stereocenters. The number of ether oxygens (including phenoxy) is 2. The molecule has 0 spiro atoms. The first-order valence-corrected chi connectivity index (χ1v) is 8.39. The number of rotatable bonds is 4. The van der Waals surface area contributed by atoms with Crippen molar-refractivity contribution >= 4 is 17.2 Å². The predicted molar refractivity (Wildman–Crippen MR) is 89.1 cm³/mol. The Morgan fingerprint density at radius 1 is 1.48 bits per heavy atom. The van der Waals surface area contributed by atoms with Gasteiger partial charge in [-0.1, -0.05) is 12.1 Å². The van der Waals surface area contributed by atoms with Crippen molar-refractivity contribution in [3.8, 4) is 11.5 Å². The Balaban J connectivity index is 1.64. The molecule has 1 aliphatic rings. The Morgan fingerprint density at radius 3 is 3.00 bits per heavy atom. The van der Waals surface area contributed by atoms with E-state index in [1.807, 2.05) is 32.0 Å². The number of para-hydroxylation sites is 1. The molecule has 1 amide bonds. The number of thiazole rings is 1. The van der Waals surface area contributed by atoms with E-state index in [4.69, 9.17) is 9.47 Å². The molecular formula is C17H20N2O3S. The van der Waals surface area contributed by atoms with E-state index in [0.29, 0.717) is 19.6 Å². The molecule has 5 nitrogen and oxygen atoms in total. The van der Waals surface area contributed by atoms with Gasteiger partial charge in [0.2, 0.25) is 5.91 Å². The van der Waals surface area contributed by atoms with Gasteiger partial charge in [0.15, 0.2) is 11.5 Å². The SMILES string of the molecule is COc1cccc2c1OC[C@@H](C(=O)NCc1sc(C)nc1C)C2. The van der Waals surface area contributed by atoms with Gasteiger partial charge in [0, 0.05) is 4.88 Å². The fraction of sp³-hybridized carbons (Fsp3) is 0.412. The van der Waals surface area contributed by atoms with Crippen molar-refractivity contribution in [3.05, 3.63) is 39.3 Å². The second kappa shape index (κ2) is 6.58. The van der Waals surface area contributed by atoms with Crippen LogP contribution < -0.4 is 14.8 Å². The van der Waals surface area contributed by atoms with E-state index < -0.39 is 0 Å². The van der Waals surface area contributed by atoms with Gasteiger partial charge < -0.3 is 14.8 Å². The number of benzene rings is 1. The van der Waals surface area contributed by atoms with Crippen molar-refractivity contribution in [1.82, 2.24) is 10.3 Å². The monoisotopic (exact) mass is 332 g/mol. The van der Waals surface area contributed by atoms with Crippen molar-refractivity contribution in [2.45, 2.75) is 26.8 Å². The van der Waals surface area contributed by atoms with Gasteiger partial charge in [0.1, 0.15) is 6.61 Å². The Bertz CT molecular complexity index is 727. The normalized spacial score (nSPS) is 16.4. The number of carbonyl (C=O) groups is 1. The molecule has 122 valence electrons. The van der Waals surface area contributed by atoms with E-state index >= 15 is 0 Å². The molecule has 1 aliphatic heterocycles. The molecule has 1 aromatic carbocycles. The molecule has 0 fully saturated rings. The van der Waals surface area contributed by atoms with E-state index in [9.17, 15) is 4.79 Å². The molecule has 0 bridgehead atoms. The Morgan fingerprint density at radius 2 is 2.30 bits per heavy atom. The van der Waals surface area contributed by atoms with Crippen molar-refractivity contribution in [3.63, 3.8) is 0 Å². The highest BCUT2D eigenvalue weighted by molar-refractivity contribution is 7.11. The maximum absolute atomic E-state index is 12.4. The lowest BCUT2D eigenvalue weighted by molar-refractivity contribution is -0.126. The second-order valence-electron chi connectivity index (χ2n) is 5.62. The van der Waals surface area contributed by atoms with Crippen molar-refractivity contribution < 1.29 is 14.3 Å². The molecule has 0 saturated heterocycles. The van der Waals surface area contributed by atoms with Crippen LogP contribution in [0.25, 0.3) is 0 Å². The number of nitrogens with zero attached hydrogens (tertiary/aromatic N) is 1. The van der Waals surface area contributed by atoms with Gasteiger partial charge in [0.05, 0.1) is 30.3 Å². The van der Waals surface area contributed by atoms with Gasteiger partial charge in [-0.25, -0.2) is 4.98 Å². The summed E-state index contributed by atoms with van der Waals surface area (Å²) >= 11 is 1.62. The first-order valence-electron chi connectivity index (χ1n) is 7.57. The van der Waals surface area contributed by atoms with Crippen LogP contribution in [0.4, 0.5) is 0 Å². The highest BCUT2D eigenvalue weighted by Crippen LogP contribution is 2.36. The molecule has 0 aliphatic carbocycles. The second-order valence-corrected chi connectivity index (χ2v) is 6.91. The summed E-state index contributed by atoms with van der Waals surface area (Å²) in [5.41, 5.74) is 2.00. The zero-order chi connectivity index (χ0) is 16.4. The summed E-state index contributed by atoms with van der Waals surface area (Å²) in [7, 11) is 1.62. The molecule has 23 heavy (non-hydrogen) atoms. The predicted octanol–water partition coefficient (Wildman–Crippen LogP) is 2.64. The molecule has 0 saturated carbocycles. The molecular weight excluding hydrogens is 312 g/mol. The number of amides is 1. The van der Waals surface area contributed by atoms with Crippen LogP contribution in [0.15, 0.2) is 18.2 Å². The van der Waals surface area contributed by atoms with E-state index in [-0.39, 0.29) is 11.8 Å². The number of aryl methyl sites for hydroxylation is 2. The number of hydrogen-bond donors (Lipinski definition) is 1. The van der Waals surface area contributed by atoms with Crippen LogP contribution in [-0.4, -0.2) is 24.6 Å². The fourth-order valence-electron chi connectivity index (χ4n) is 2.77. The minimum atomic E-state index is -0.177. The van der Waals surface area contributed by atoms with E-state index in [0.717, 1.165) is 32.6 Å². The first kappa shape index (κ1) is 15.8. The third-order valence-corrected chi connectivity index (χ3v) is 5.04. The number of methoxy groups -OCH3 is 1. The largest absolute Gasteiger partial charge is 0.493 e. The average molecular weight is 332 g/mol. The summed E-state index contributed by atoms with van der Waals surface area (Å²) in [5.74, 6) is 1.32. The van der Waals surface area contributed by atoms with Crippen LogP contribution >= 0.6 is 11.3 Å². The van der Waals surface area contributed by atoms with Crippen LogP contribution in [0.1, 0.15) is 21.1 Å². The van der Waals surface area contributed by atoms with Gasteiger partial charge in [0.25, 0.3) is 0 Å². The smallest absolute Gasteiger partial charge is 0.227 e. The topological polar surface area (TPSA) is 60.5 Å². The van der Waals surface area contributed by atoms with Crippen LogP contribution in [0.5, 0.6) is 11.5 Å².